The Morgan fingerprint density at radius 2 is 1.72 bits per heavy atom. The number of fused-ring (bicyclic) bond motifs is 1. The first-order chi connectivity index (χ1) is 8.47. The summed E-state index contributed by atoms with van der Waals surface area (Å²) in [5, 5.41) is 2.39. The normalized spacial score (nSPS) is 13.7. The first kappa shape index (κ1) is 13.2. The van der Waals surface area contributed by atoms with Crippen molar-refractivity contribution in [2.24, 2.45) is 0 Å². The molecule has 0 saturated carbocycles. The molecule has 0 aliphatic carbocycles. The molecule has 0 aliphatic rings. The lowest BCUT2D eigenvalue weighted by atomic mass is 10.1. The molecule has 0 radical (unpaired) electrons. The minimum Gasteiger partial charge on any atom is -0.285 e. The van der Waals surface area contributed by atoms with Crippen molar-refractivity contribution < 1.29 is 8.39 Å². The average molecular weight is 262 g/mol. The van der Waals surface area contributed by atoms with Crippen LogP contribution in [0.3, 0.4) is 0 Å². The molecule has 1 atom stereocenters. The molecule has 96 valence electrons. The Hall–Kier alpha value is -1.19. The summed E-state index contributed by atoms with van der Waals surface area (Å²) in [6.07, 6.45) is 0. The Morgan fingerprint density at radius 3 is 2.39 bits per heavy atom. The summed E-state index contributed by atoms with van der Waals surface area (Å²) in [4.78, 5) is 0. The first-order valence-corrected chi connectivity index (χ1v) is 7.07. The second kappa shape index (κ2) is 5.21. The molecule has 0 aromatic heterocycles. The van der Waals surface area contributed by atoms with Crippen molar-refractivity contribution in [2.45, 2.75) is 32.1 Å². The quantitative estimate of drug-likeness (QED) is 0.840. The van der Waals surface area contributed by atoms with Gasteiger partial charge in [-0.15, -0.1) is 0 Å². The zero-order chi connectivity index (χ0) is 13.2. The molecule has 0 bridgehead atoms. The zero-order valence-corrected chi connectivity index (χ0v) is 11.8. The van der Waals surface area contributed by atoms with Gasteiger partial charge in [-0.1, -0.05) is 36.4 Å². The average Bonchev–Trinajstić information content (AvgIpc) is 2.34. The highest BCUT2D eigenvalue weighted by molar-refractivity contribution is 7.81. The summed E-state index contributed by atoms with van der Waals surface area (Å²) in [7, 11) is 0. The molecule has 0 saturated heterocycles. The summed E-state index contributed by atoms with van der Waals surface area (Å²) < 4.78 is 16.9. The van der Waals surface area contributed by atoms with E-state index in [2.05, 4.69) is 24.3 Å². The maximum absolute atomic E-state index is 11.8. The van der Waals surface area contributed by atoms with Crippen LogP contribution in [0.25, 0.3) is 10.8 Å². The fourth-order valence-electron chi connectivity index (χ4n) is 1.63. The van der Waals surface area contributed by atoms with Crippen molar-refractivity contribution in [3.05, 3.63) is 48.0 Å². The molecule has 18 heavy (non-hydrogen) atoms. The van der Waals surface area contributed by atoms with Crippen LogP contribution in [0, 0.1) is 0 Å². The van der Waals surface area contributed by atoms with E-state index in [4.69, 9.17) is 4.18 Å². The monoisotopic (exact) mass is 262 g/mol. The molecule has 1 unspecified atom stereocenters. The van der Waals surface area contributed by atoms with E-state index in [0.29, 0.717) is 6.61 Å². The maximum atomic E-state index is 11.8. The Labute approximate surface area is 111 Å². The highest BCUT2D eigenvalue weighted by Crippen LogP contribution is 2.18. The Bertz CT molecular complexity index is 570. The van der Waals surface area contributed by atoms with Crippen LogP contribution in [0.1, 0.15) is 26.3 Å². The van der Waals surface area contributed by atoms with Crippen LogP contribution in [-0.2, 0) is 21.9 Å². The summed E-state index contributed by atoms with van der Waals surface area (Å²) in [6.45, 7) is 6.10. The summed E-state index contributed by atoms with van der Waals surface area (Å²) in [6, 6.07) is 14.3. The Kier molecular flexibility index (Phi) is 3.83. The van der Waals surface area contributed by atoms with Crippen molar-refractivity contribution >= 4 is 21.9 Å². The molecule has 0 fully saturated rings. The standard InChI is InChI=1S/C15H18O2S/c1-15(2,3)18(16)17-11-12-8-9-13-6-4-5-7-14(13)10-12/h4-10H,11H2,1-3H3. The number of benzene rings is 2. The lowest BCUT2D eigenvalue weighted by Crippen LogP contribution is -2.23. The smallest absolute Gasteiger partial charge is 0.161 e. The van der Waals surface area contributed by atoms with Gasteiger partial charge in [-0.25, -0.2) is 4.21 Å². The van der Waals surface area contributed by atoms with E-state index in [1.807, 2.05) is 39.0 Å². The van der Waals surface area contributed by atoms with E-state index in [1.165, 1.54) is 10.8 Å². The molecular formula is C15H18O2S. The van der Waals surface area contributed by atoms with Crippen LogP contribution in [-0.4, -0.2) is 8.96 Å². The molecular weight excluding hydrogens is 244 g/mol. The largest absolute Gasteiger partial charge is 0.285 e. The third-order valence-corrected chi connectivity index (χ3v) is 3.98. The van der Waals surface area contributed by atoms with Crippen molar-refractivity contribution in [2.75, 3.05) is 0 Å². The van der Waals surface area contributed by atoms with Crippen LogP contribution in [0.5, 0.6) is 0 Å². The second-order valence-corrected chi connectivity index (χ2v) is 7.22. The van der Waals surface area contributed by atoms with Gasteiger partial charge >= 0.3 is 0 Å². The number of rotatable bonds is 3. The van der Waals surface area contributed by atoms with Gasteiger partial charge in [0.25, 0.3) is 0 Å². The van der Waals surface area contributed by atoms with Crippen molar-refractivity contribution in [1.82, 2.24) is 0 Å². The highest BCUT2D eigenvalue weighted by Gasteiger charge is 2.20. The topological polar surface area (TPSA) is 26.3 Å². The molecule has 2 rings (SSSR count). The summed E-state index contributed by atoms with van der Waals surface area (Å²) in [5.41, 5.74) is 1.05. The van der Waals surface area contributed by atoms with Crippen molar-refractivity contribution in [3.8, 4) is 0 Å². The molecule has 0 N–H and O–H groups in total. The fraction of sp³-hybridized carbons (Fsp3) is 0.333. The minimum atomic E-state index is -1.27. The van der Waals surface area contributed by atoms with Gasteiger partial charge in [-0.05, 0) is 43.2 Å². The van der Waals surface area contributed by atoms with Crippen LogP contribution in [0.2, 0.25) is 0 Å². The molecule has 0 spiro atoms. The summed E-state index contributed by atoms with van der Waals surface area (Å²) >= 11 is -1.27. The number of hydrogen-bond donors (Lipinski definition) is 0. The molecule has 0 heterocycles. The van der Waals surface area contributed by atoms with Crippen LogP contribution >= 0.6 is 0 Å². The van der Waals surface area contributed by atoms with E-state index in [9.17, 15) is 4.21 Å². The van der Waals surface area contributed by atoms with Crippen molar-refractivity contribution in [1.29, 1.82) is 0 Å². The second-order valence-electron chi connectivity index (χ2n) is 5.29. The van der Waals surface area contributed by atoms with Crippen LogP contribution < -0.4 is 0 Å². The minimum absolute atomic E-state index is 0.336. The maximum Gasteiger partial charge on any atom is 0.161 e. The Morgan fingerprint density at radius 1 is 1.06 bits per heavy atom. The van der Waals surface area contributed by atoms with Crippen molar-refractivity contribution in [3.63, 3.8) is 0 Å². The van der Waals surface area contributed by atoms with Gasteiger partial charge in [-0.2, -0.15) is 0 Å². The van der Waals surface area contributed by atoms with Gasteiger partial charge in [-0.3, -0.25) is 4.18 Å². The SMILES string of the molecule is CC(C)(C)S(=O)OCc1ccc2ccccc2c1. The molecule has 3 heteroatoms. The van der Waals surface area contributed by atoms with Gasteiger partial charge < -0.3 is 0 Å². The third-order valence-electron chi connectivity index (χ3n) is 2.65. The van der Waals surface area contributed by atoms with E-state index < -0.39 is 11.1 Å². The first-order valence-electron chi connectivity index (χ1n) is 6.00. The van der Waals surface area contributed by atoms with Gasteiger partial charge in [0.2, 0.25) is 0 Å². The van der Waals surface area contributed by atoms with Crippen LogP contribution in [0.4, 0.5) is 0 Å². The van der Waals surface area contributed by atoms with E-state index >= 15 is 0 Å². The molecule has 2 aromatic carbocycles. The third kappa shape index (κ3) is 3.18. The lowest BCUT2D eigenvalue weighted by Gasteiger charge is -2.16. The van der Waals surface area contributed by atoms with E-state index in [-0.39, 0.29) is 4.75 Å². The van der Waals surface area contributed by atoms with Gasteiger partial charge in [0.1, 0.15) is 0 Å². The molecule has 0 amide bonds. The predicted molar refractivity (Wildman–Crippen MR) is 76.6 cm³/mol. The molecule has 0 aliphatic heterocycles. The fourth-order valence-corrected chi connectivity index (χ4v) is 2.22. The predicted octanol–water partition coefficient (Wildman–Crippen LogP) is 3.82. The van der Waals surface area contributed by atoms with E-state index in [0.717, 1.165) is 5.56 Å². The van der Waals surface area contributed by atoms with E-state index in [1.54, 1.807) is 0 Å². The molecule has 2 aromatic rings. The lowest BCUT2D eigenvalue weighted by molar-refractivity contribution is 0.326. The highest BCUT2D eigenvalue weighted by atomic mass is 32.2. The van der Waals surface area contributed by atoms with Gasteiger partial charge in [0, 0.05) is 0 Å². The van der Waals surface area contributed by atoms with Gasteiger partial charge in [0.15, 0.2) is 11.1 Å². The molecule has 2 nitrogen and oxygen atoms in total. The van der Waals surface area contributed by atoms with Crippen LogP contribution in [0.15, 0.2) is 42.5 Å². The zero-order valence-electron chi connectivity index (χ0n) is 11.0. The number of hydrogen-bond acceptors (Lipinski definition) is 2. The van der Waals surface area contributed by atoms with Gasteiger partial charge in [0.05, 0.1) is 11.4 Å². The Balaban J connectivity index is 2.11. The summed E-state index contributed by atoms with van der Waals surface area (Å²) in [5.74, 6) is 0.